The summed E-state index contributed by atoms with van der Waals surface area (Å²) >= 11 is 11.6. The smallest absolute Gasteiger partial charge is 0.267 e. The second-order valence-electron chi connectivity index (χ2n) is 4.02. The van der Waals surface area contributed by atoms with Gasteiger partial charge in [-0.1, -0.05) is 23.2 Å². The molecule has 0 unspecified atom stereocenters. The summed E-state index contributed by atoms with van der Waals surface area (Å²) in [6.07, 6.45) is 4.14. The lowest BCUT2D eigenvalue weighted by Crippen LogP contribution is -2.17. The van der Waals surface area contributed by atoms with Crippen LogP contribution in [0.1, 0.15) is 15.9 Å². The van der Waals surface area contributed by atoms with Gasteiger partial charge in [0, 0.05) is 29.6 Å². The van der Waals surface area contributed by atoms with Crippen LogP contribution in [0.5, 0.6) is 0 Å². The van der Waals surface area contributed by atoms with Crippen LogP contribution in [-0.2, 0) is 0 Å². The molecule has 1 amide bonds. The lowest BCUT2D eigenvalue weighted by atomic mass is 10.2. The molecule has 7 nitrogen and oxygen atoms in total. The van der Waals surface area contributed by atoms with E-state index in [2.05, 4.69) is 15.5 Å². The number of aromatic nitrogens is 1. The summed E-state index contributed by atoms with van der Waals surface area (Å²) in [7, 11) is 0. The average Bonchev–Trinajstić information content (AvgIpc) is 2.49. The number of carbonyl (C=O) groups is 1. The highest BCUT2D eigenvalue weighted by Crippen LogP contribution is 2.29. The van der Waals surface area contributed by atoms with Gasteiger partial charge < -0.3 is 0 Å². The molecule has 0 aliphatic heterocycles. The van der Waals surface area contributed by atoms with Crippen LogP contribution in [0.25, 0.3) is 0 Å². The molecule has 0 saturated carbocycles. The number of hydrogen-bond acceptors (Lipinski definition) is 5. The van der Waals surface area contributed by atoms with E-state index in [1.807, 2.05) is 0 Å². The van der Waals surface area contributed by atoms with E-state index in [-0.39, 0.29) is 21.3 Å². The fraction of sp³-hybridized carbons (Fsp3) is 0. The van der Waals surface area contributed by atoms with E-state index in [0.29, 0.717) is 5.56 Å². The molecule has 1 aromatic heterocycles. The van der Waals surface area contributed by atoms with Gasteiger partial charge in [-0.05, 0) is 18.2 Å². The summed E-state index contributed by atoms with van der Waals surface area (Å²) < 4.78 is 0. The third-order valence-electron chi connectivity index (χ3n) is 2.58. The summed E-state index contributed by atoms with van der Waals surface area (Å²) in [5, 5.41) is 14.6. The Labute approximate surface area is 134 Å². The zero-order valence-electron chi connectivity index (χ0n) is 10.9. The minimum atomic E-state index is -0.633. The van der Waals surface area contributed by atoms with Gasteiger partial charge in [0.2, 0.25) is 0 Å². The lowest BCUT2D eigenvalue weighted by Gasteiger charge is -2.01. The molecule has 0 spiro atoms. The first-order chi connectivity index (χ1) is 10.5. The first-order valence-electron chi connectivity index (χ1n) is 5.86. The maximum absolute atomic E-state index is 11.7. The van der Waals surface area contributed by atoms with Crippen molar-refractivity contribution in [1.29, 1.82) is 0 Å². The van der Waals surface area contributed by atoms with Crippen molar-refractivity contribution in [2.75, 3.05) is 0 Å². The van der Waals surface area contributed by atoms with Crippen LogP contribution in [0.15, 0.2) is 41.8 Å². The van der Waals surface area contributed by atoms with Crippen molar-refractivity contribution in [1.82, 2.24) is 10.4 Å². The fourth-order valence-corrected chi connectivity index (χ4v) is 2.02. The Morgan fingerprint density at radius 1 is 1.27 bits per heavy atom. The third-order valence-corrected chi connectivity index (χ3v) is 3.21. The molecular formula is C13H8Cl2N4O3. The molecule has 2 aromatic rings. The lowest BCUT2D eigenvalue weighted by molar-refractivity contribution is -0.384. The normalized spacial score (nSPS) is 10.6. The molecule has 0 aliphatic carbocycles. The predicted molar refractivity (Wildman–Crippen MR) is 82.4 cm³/mol. The van der Waals surface area contributed by atoms with Crippen LogP contribution in [0.2, 0.25) is 10.0 Å². The zero-order chi connectivity index (χ0) is 16.1. The molecule has 112 valence electrons. The number of hydrogen-bond donors (Lipinski definition) is 1. The Balaban J connectivity index is 2.15. The number of nitro benzene ring substituents is 1. The van der Waals surface area contributed by atoms with Crippen molar-refractivity contribution in [2.24, 2.45) is 5.10 Å². The van der Waals surface area contributed by atoms with Gasteiger partial charge in [-0.25, -0.2) is 5.43 Å². The van der Waals surface area contributed by atoms with E-state index in [9.17, 15) is 14.9 Å². The number of nitrogens with one attached hydrogen (secondary N) is 1. The molecule has 0 aliphatic rings. The topological polar surface area (TPSA) is 97.5 Å². The number of rotatable bonds is 4. The number of nitro groups is 1. The largest absolute Gasteiger partial charge is 0.288 e. The van der Waals surface area contributed by atoms with Gasteiger partial charge in [0.05, 0.1) is 16.2 Å². The van der Waals surface area contributed by atoms with Crippen molar-refractivity contribution in [3.05, 3.63) is 67.9 Å². The Bertz CT molecular complexity index is 750. The molecule has 0 radical (unpaired) electrons. The van der Waals surface area contributed by atoms with E-state index in [0.717, 1.165) is 0 Å². The standard InChI is InChI=1S/C13H8Cl2N4O3/c14-10-6-11(15)12(19(21)22)5-9(10)7-17-18-13(20)8-1-3-16-4-2-8/h1-7H,(H,18,20)/b17-7+. The van der Waals surface area contributed by atoms with Gasteiger partial charge in [0.25, 0.3) is 11.6 Å². The molecule has 9 heteroatoms. The fourth-order valence-electron chi connectivity index (χ4n) is 1.52. The first-order valence-corrected chi connectivity index (χ1v) is 6.61. The van der Waals surface area contributed by atoms with Crippen molar-refractivity contribution in [3.63, 3.8) is 0 Å². The number of benzene rings is 1. The van der Waals surface area contributed by atoms with E-state index in [1.54, 1.807) is 0 Å². The second-order valence-corrected chi connectivity index (χ2v) is 4.83. The number of halogens is 2. The predicted octanol–water partition coefficient (Wildman–Crippen LogP) is 3.06. The average molecular weight is 339 g/mol. The summed E-state index contributed by atoms with van der Waals surface area (Å²) in [4.78, 5) is 25.7. The number of hydrazone groups is 1. The van der Waals surface area contributed by atoms with E-state index < -0.39 is 10.8 Å². The minimum absolute atomic E-state index is 0.0760. The second kappa shape index (κ2) is 6.97. The van der Waals surface area contributed by atoms with Crippen molar-refractivity contribution >= 4 is 41.0 Å². The van der Waals surface area contributed by atoms with Crippen molar-refractivity contribution in [3.8, 4) is 0 Å². The van der Waals surface area contributed by atoms with E-state index in [1.165, 1.54) is 42.9 Å². The van der Waals surface area contributed by atoms with E-state index in [4.69, 9.17) is 23.2 Å². The minimum Gasteiger partial charge on any atom is -0.267 e. The number of pyridine rings is 1. The highest BCUT2D eigenvalue weighted by molar-refractivity contribution is 6.37. The maximum atomic E-state index is 11.7. The molecule has 0 fully saturated rings. The molecule has 2 rings (SSSR count). The highest BCUT2D eigenvalue weighted by Gasteiger charge is 2.15. The van der Waals surface area contributed by atoms with Gasteiger partial charge in [-0.15, -0.1) is 0 Å². The summed E-state index contributed by atoms with van der Waals surface area (Å²) in [6, 6.07) is 5.45. The van der Waals surface area contributed by atoms with Crippen LogP contribution >= 0.6 is 23.2 Å². The zero-order valence-corrected chi connectivity index (χ0v) is 12.4. The molecule has 0 atom stereocenters. The van der Waals surface area contributed by atoms with Crippen molar-refractivity contribution in [2.45, 2.75) is 0 Å². The molecule has 1 heterocycles. The Morgan fingerprint density at radius 2 is 1.95 bits per heavy atom. The molecule has 1 aromatic carbocycles. The number of amides is 1. The Morgan fingerprint density at radius 3 is 2.59 bits per heavy atom. The summed E-state index contributed by atoms with van der Waals surface area (Å²) in [5.74, 6) is -0.446. The summed E-state index contributed by atoms with van der Waals surface area (Å²) in [5.41, 5.74) is 2.61. The molecular weight excluding hydrogens is 331 g/mol. The molecule has 0 saturated heterocycles. The van der Waals surface area contributed by atoms with Gasteiger partial charge in [-0.2, -0.15) is 5.10 Å². The third kappa shape index (κ3) is 3.78. The first kappa shape index (κ1) is 15.9. The van der Waals surface area contributed by atoms with Crippen LogP contribution in [0.4, 0.5) is 5.69 Å². The molecule has 0 bridgehead atoms. The molecule has 22 heavy (non-hydrogen) atoms. The van der Waals surface area contributed by atoms with Gasteiger partial charge >= 0.3 is 0 Å². The molecule has 1 N–H and O–H groups in total. The SMILES string of the molecule is O=C(N/N=C/c1cc([N+](=O)[O-])c(Cl)cc1Cl)c1ccncc1. The highest BCUT2D eigenvalue weighted by atomic mass is 35.5. The quantitative estimate of drug-likeness (QED) is 0.526. The van der Waals surface area contributed by atoms with Crippen molar-refractivity contribution < 1.29 is 9.72 Å². The van der Waals surface area contributed by atoms with Gasteiger partial charge in [-0.3, -0.25) is 19.9 Å². The summed E-state index contributed by atoms with van der Waals surface area (Å²) in [6.45, 7) is 0. The van der Waals surface area contributed by atoms with Crippen LogP contribution in [-0.4, -0.2) is 22.0 Å². The Hall–Kier alpha value is -2.51. The number of carbonyl (C=O) groups excluding carboxylic acids is 1. The van der Waals surface area contributed by atoms with Crippen LogP contribution in [0.3, 0.4) is 0 Å². The maximum Gasteiger partial charge on any atom is 0.288 e. The van der Waals surface area contributed by atoms with Gasteiger partial charge in [0.1, 0.15) is 5.02 Å². The number of nitrogens with zero attached hydrogens (tertiary/aromatic N) is 3. The van der Waals surface area contributed by atoms with Gasteiger partial charge in [0.15, 0.2) is 0 Å². The van der Waals surface area contributed by atoms with E-state index >= 15 is 0 Å². The Kier molecular flexibility index (Phi) is 5.03. The monoisotopic (exact) mass is 338 g/mol. The van der Waals surface area contributed by atoms with Crippen LogP contribution < -0.4 is 5.43 Å². The van der Waals surface area contributed by atoms with Crippen LogP contribution in [0, 0.1) is 10.1 Å².